The number of nitrogens with one attached hydrogen (secondary N) is 1. The maximum atomic E-state index is 11.7. The molecule has 1 rings (SSSR count). The SMILES string of the molecule is COC(=O)C(C)C(=S)NC(=O)c1ccccc1. The van der Waals surface area contributed by atoms with E-state index in [1.54, 1.807) is 31.2 Å². The summed E-state index contributed by atoms with van der Waals surface area (Å²) in [5.41, 5.74) is 0.493. The van der Waals surface area contributed by atoms with Gasteiger partial charge in [-0.3, -0.25) is 9.59 Å². The van der Waals surface area contributed by atoms with E-state index in [1.165, 1.54) is 7.11 Å². The number of thiocarbonyl (C=S) groups is 1. The first-order chi connectivity index (χ1) is 8.06. The van der Waals surface area contributed by atoms with Gasteiger partial charge in [-0.2, -0.15) is 0 Å². The van der Waals surface area contributed by atoms with Gasteiger partial charge in [-0.25, -0.2) is 0 Å². The number of carbonyl (C=O) groups is 2. The number of rotatable bonds is 3. The summed E-state index contributed by atoms with van der Waals surface area (Å²) in [7, 11) is 1.28. The Balaban J connectivity index is 2.64. The second-order valence-electron chi connectivity index (χ2n) is 3.43. The number of ether oxygens (including phenoxy) is 1. The molecule has 5 heteroatoms. The number of amides is 1. The minimum absolute atomic E-state index is 0.158. The molecule has 0 fully saturated rings. The average Bonchev–Trinajstić information content (AvgIpc) is 2.37. The van der Waals surface area contributed by atoms with Crippen molar-refractivity contribution >= 4 is 29.1 Å². The summed E-state index contributed by atoms with van der Waals surface area (Å²) in [6.07, 6.45) is 0. The molecule has 0 saturated heterocycles. The Morgan fingerprint density at radius 3 is 2.41 bits per heavy atom. The third-order valence-corrected chi connectivity index (χ3v) is 2.68. The van der Waals surface area contributed by atoms with Gasteiger partial charge in [0.05, 0.1) is 12.1 Å². The molecule has 0 aliphatic rings. The van der Waals surface area contributed by atoms with Gasteiger partial charge in [0, 0.05) is 5.56 Å². The zero-order chi connectivity index (χ0) is 12.8. The fourth-order valence-corrected chi connectivity index (χ4v) is 1.35. The van der Waals surface area contributed by atoms with Gasteiger partial charge in [0.25, 0.3) is 5.91 Å². The summed E-state index contributed by atoms with van der Waals surface area (Å²) >= 11 is 4.96. The molecule has 0 aliphatic carbocycles. The monoisotopic (exact) mass is 251 g/mol. The van der Waals surface area contributed by atoms with E-state index in [9.17, 15) is 9.59 Å². The number of methoxy groups -OCH3 is 1. The minimum atomic E-state index is -0.636. The normalized spacial score (nSPS) is 11.4. The van der Waals surface area contributed by atoms with E-state index >= 15 is 0 Å². The lowest BCUT2D eigenvalue weighted by atomic mass is 10.1. The predicted octanol–water partition coefficient (Wildman–Crippen LogP) is 1.55. The van der Waals surface area contributed by atoms with Crippen LogP contribution in [0, 0.1) is 5.92 Å². The van der Waals surface area contributed by atoms with Crippen LogP contribution in [-0.2, 0) is 9.53 Å². The molecule has 0 spiro atoms. The molecular formula is C12H13NO3S. The van der Waals surface area contributed by atoms with Crippen molar-refractivity contribution in [2.45, 2.75) is 6.92 Å². The van der Waals surface area contributed by atoms with Crippen molar-refractivity contribution in [2.75, 3.05) is 7.11 Å². The third kappa shape index (κ3) is 3.64. The minimum Gasteiger partial charge on any atom is -0.468 e. The fourth-order valence-electron chi connectivity index (χ4n) is 1.17. The summed E-state index contributed by atoms with van der Waals surface area (Å²) in [6.45, 7) is 1.58. The van der Waals surface area contributed by atoms with Crippen LogP contribution < -0.4 is 5.32 Å². The van der Waals surface area contributed by atoms with Gasteiger partial charge in [0.2, 0.25) is 0 Å². The highest BCUT2D eigenvalue weighted by Gasteiger charge is 2.20. The van der Waals surface area contributed by atoms with Crippen LogP contribution in [0.25, 0.3) is 0 Å². The Morgan fingerprint density at radius 2 is 1.88 bits per heavy atom. The standard InChI is InChI=1S/C12H13NO3S/c1-8(12(15)16-2)11(17)13-10(14)9-6-4-3-5-7-9/h3-8H,1-2H3,(H,13,14,17). The number of esters is 1. The topological polar surface area (TPSA) is 55.4 Å². The maximum absolute atomic E-state index is 11.7. The Labute approximate surface area is 105 Å². The van der Waals surface area contributed by atoms with Crippen LogP contribution in [0.1, 0.15) is 17.3 Å². The Bertz CT molecular complexity index is 431. The quantitative estimate of drug-likeness (QED) is 0.654. The molecular weight excluding hydrogens is 238 g/mol. The molecule has 0 aliphatic heterocycles. The van der Waals surface area contributed by atoms with Gasteiger partial charge in [-0.1, -0.05) is 30.4 Å². The predicted molar refractivity (Wildman–Crippen MR) is 67.7 cm³/mol. The van der Waals surface area contributed by atoms with E-state index in [-0.39, 0.29) is 10.9 Å². The first-order valence-corrected chi connectivity index (χ1v) is 5.45. The summed E-state index contributed by atoms with van der Waals surface area (Å²) in [5, 5.41) is 2.50. The second-order valence-corrected chi connectivity index (χ2v) is 3.87. The molecule has 1 aromatic rings. The molecule has 0 radical (unpaired) electrons. The van der Waals surface area contributed by atoms with Gasteiger partial charge in [0.15, 0.2) is 0 Å². The van der Waals surface area contributed by atoms with Crippen LogP contribution in [0.3, 0.4) is 0 Å². The molecule has 1 N–H and O–H groups in total. The zero-order valence-corrected chi connectivity index (χ0v) is 10.4. The molecule has 0 saturated carbocycles. The Kier molecular flexibility index (Phi) is 4.78. The Hall–Kier alpha value is -1.75. The van der Waals surface area contributed by atoms with Gasteiger partial charge < -0.3 is 10.1 Å². The molecule has 4 nitrogen and oxygen atoms in total. The summed E-state index contributed by atoms with van der Waals surface area (Å²) < 4.78 is 4.54. The molecule has 1 unspecified atom stereocenters. The Morgan fingerprint density at radius 1 is 1.29 bits per heavy atom. The highest BCUT2D eigenvalue weighted by atomic mass is 32.1. The highest BCUT2D eigenvalue weighted by Crippen LogP contribution is 2.03. The van der Waals surface area contributed by atoms with Crippen LogP contribution in [0.15, 0.2) is 30.3 Å². The molecule has 1 amide bonds. The van der Waals surface area contributed by atoms with E-state index in [0.717, 1.165) is 0 Å². The van der Waals surface area contributed by atoms with Gasteiger partial charge >= 0.3 is 5.97 Å². The average molecular weight is 251 g/mol. The fraction of sp³-hybridized carbons (Fsp3) is 0.250. The van der Waals surface area contributed by atoms with Crippen molar-refractivity contribution in [3.8, 4) is 0 Å². The van der Waals surface area contributed by atoms with E-state index in [0.29, 0.717) is 5.56 Å². The van der Waals surface area contributed by atoms with E-state index < -0.39 is 11.9 Å². The van der Waals surface area contributed by atoms with Crippen molar-refractivity contribution in [1.82, 2.24) is 5.32 Å². The van der Waals surface area contributed by atoms with Crippen LogP contribution in [0.2, 0.25) is 0 Å². The van der Waals surface area contributed by atoms with Crippen molar-refractivity contribution in [1.29, 1.82) is 0 Å². The van der Waals surface area contributed by atoms with Crippen LogP contribution >= 0.6 is 12.2 Å². The van der Waals surface area contributed by atoms with Gasteiger partial charge in [-0.15, -0.1) is 0 Å². The van der Waals surface area contributed by atoms with Crippen molar-refractivity contribution in [3.63, 3.8) is 0 Å². The summed E-state index contributed by atoms with van der Waals surface area (Å²) in [6, 6.07) is 8.65. The number of hydrogen-bond donors (Lipinski definition) is 1. The molecule has 1 atom stereocenters. The second kappa shape index (κ2) is 6.10. The molecule has 17 heavy (non-hydrogen) atoms. The van der Waals surface area contributed by atoms with Gasteiger partial charge in [0.1, 0.15) is 5.92 Å². The number of carbonyl (C=O) groups excluding carboxylic acids is 2. The van der Waals surface area contributed by atoms with Crippen molar-refractivity contribution in [3.05, 3.63) is 35.9 Å². The van der Waals surface area contributed by atoms with E-state index in [4.69, 9.17) is 12.2 Å². The maximum Gasteiger partial charge on any atom is 0.315 e. The van der Waals surface area contributed by atoms with Crippen LogP contribution in [0.4, 0.5) is 0 Å². The van der Waals surface area contributed by atoms with Crippen molar-refractivity contribution in [2.24, 2.45) is 5.92 Å². The molecule has 0 heterocycles. The highest BCUT2D eigenvalue weighted by molar-refractivity contribution is 7.80. The smallest absolute Gasteiger partial charge is 0.315 e. The van der Waals surface area contributed by atoms with Crippen LogP contribution in [0.5, 0.6) is 0 Å². The summed E-state index contributed by atoms with van der Waals surface area (Å²) in [4.78, 5) is 23.1. The number of benzene rings is 1. The van der Waals surface area contributed by atoms with E-state index in [2.05, 4.69) is 10.1 Å². The lowest BCUT2D eigenvalue weighted by Gasteiger charge is -2.11. The molecule has 90 valence electrons. The molecule has 1 aromatic carbocycles. The van der Waals surface area contributed by atoms with E-state index in [1.807, 2.05) is 6.07 Å². The lowest BCUT2D eigenvalue weighted by molar-refractivity contribution is -0.142. The molecule has 0 bridgehead atoms. The van der Waals surface area contributed by atoms with Crippen molar-refractivity contribution < 1.29 is 14.3 Å². The lowest BCUT2D eigenvalue weighted by Crippen LogP contribution is -2.36. The zero-order valence-electron chi connectivity index (χ0n) is 9.60. The third-order valence-electron chi connectivity index (χ3n) is 2.22. The largest absolute Gasteiger partial charge is 0.468 e. The first-order valence-electron chi connectivity index (χ1n) is 5.04. The van der Waals surface area contributed by atoms with Gasteiger partial charge in [-0.05, 0) is 19.1 Å². The number of hydrogen-bond acceptors (Lipinski definition) is 4. The first kappa shape index (κ1) is 13.3. The molecule has 0 aromatic heterocycles. The van der Waals surface area contributed by atoms with Crippen LogP contribution in [-0.4, -0.2) is 24.0 Å². The summed E-state index contributed by atoms with van der Waals surface area (Å²) in [5.74, 6) is -1.43.